The van der Waals surface area contributed by atoms with Crippen molar-refractivity contribution in [2.75, 3.05) is 38.2 Å². The van der Waals surface area contributed by atoms with Gasteiger partial charge in [-0.3, -0.25) is 19.0 Å². The van der Waals surface area contributed by atoms with Crippen LogP contribution in [-0.4, -0.2) is 65.6 Å². The molecule has 0 radical (unpaired) electrons. The number of aromatic nitrogens is 2. The second-order valence-corrected chi connectivity index (χ2v) is 10.8. The zero-order chi connectivity index (χ0) is 25.9. The van der Waals surface area contributed by atoms with E-state index in [9.17, 15) is 14.4 Å². The fourth-order valence-electron chi connectivity index (χ4n) is 5.27. The molecule has 2 amide bonds. The van der Waals surface area contributed by atoms with Gasteiger partial charge in [-0.15, -0.1) is 11.3 Å². The number of benzene rings is 1. The predicted octanol–water partition coefficient (Wildman–Crippen LogP) is 3.19. The van der Waals surface area contributed by atoms with E-state index in [1.165, 1.54) is 28.7 Å². The van der Waals surface area contributed by atoms with Crippen LogP contribution in [0.25, 0.3) is 10.2 Å². The van der Waals surface area contributed by atoms with Crippen LogP contribution in [0.2, 0.25) is 0 Å². The summed E-state index contributed by atoms with van der Waals surface area (Å²) in [6, 6.07) is 8.11. The SMILES string of the molecule is COc1cccc(N2CCN(C(=O)c3sc4ncn(CC(=O)NC5CCCCC5)c(=O)c4c3C)CC2)c1. The highest BCUT2D eigenvalue weighted by molar-refractivity contribution is 7.20. The minimum atomic E-state index is -0.278. The molecule has 0 unspecified atom stereocenters. The first-order chi connectivity index (χ1) is 17.9. The minimum Gasteiger partial charge on any atom is -0.497 e. The molecule has 1 aliphatic heterocycles. The topological polar surface area (TPSA) is 96.8 Å². The molecule has 1 saturated heterocycles. The normalized spacial score (nSPS) is 16.7. The van der Waals surface area contributed by atoms with Gasteiger partial charge in [0, 0.05) is 44.0 Å². The smallest absolute Gasteiger partial charge is 0.264 e. The Kier molecular flexibility index (Phi) is 7.45. The van der Waals surface area contributed by atoms with E-state index in [0.717, 1.165) is 37.1 Å². The first-order valence-electron chi connectivity index (χ1n) is 12.9. The van der Waals surface area contributed by atoms with Crippen molar-refractivity contribution in [2.24, 2.45) is 0 Å². The van der Waals surface area contributed by atoms with Crippen LogP contribution in [0.15, 0.2) is 35.4 Å². The molecule has 1 saturated carbocycles. The van der Waals surface area contributed by atoms with Crippen LogP contribution >= 0.6 is 11.3 Å². The highest BCUT2D eigenvalue weighted by Gasteiger charge is 2.27. The molecule has 5 rings (SSSR count). The Morgan fingerprint density at radius 1 is 1.14 bits per heavy atom. The molecule has 9 nitrogen and oxygen atoms in total. The monoisotopic (exact) mass is 523 g/mol. The number of methoxy groups -OCH3 is 1. The second-order valence-electron chi connectivity index (χ2n) is 9.80. The lowest BCUT2D eigenvalue weighted by molar-refractivity contribution is -0.122. The number of nitrogens with zero attached hydrogens (tertiary/aromatic N) is 4. The van der Waals surface area contributed by atoms with Crippen LogP contribution in [0.1, 0.15) is 47.3 Å². The number of nitrogens with one attached hydrogen (secondary N) is 1. The zero-order valence-corrected chi connectivity index (χ0v) is 22.2. The maximum atomic E-state index is 13.4. The number of carbonyl (C=O) groups excluding carboxylic acids is 2. The Labute approximate surface area is 220 Å². The fraction of sp³-hybridized carbons (Fsp3) is 0.481. The molecule has 0 atom stereocenters. The van der Waals surface area contributed by atoms with Gasteiger partial charge in [-0.25, -0.2) is 4.98 Å². The third-order valence-corrected chi connectivity index (χ3v) is 8.57. The number of hydrogen-bond acceptors (Lipinski definition) is 7. The van der Waals surface area contributed by atoms with E-state index in [4.69, 9.17) is 4.74 Å². The average molecular weight is 524 g/mol. The largest absolute Gasteiger partial charge is 0.497 e. The molecule has 1 aliphatic carbocycles. The van der Waals surface area contributed by atoms with Gasteiger partial charge in [0.25, 0.3) is 11.5 Å². The third kappa shape index (κ3) is 5.34. The number of aryl methyl sites for hydroxylation is 1. The molecule has 37 heavy (non-hydrogen) atoms. The van der Waals surface area contributed by atoms with Gasteiger partial charge >= 0.3 is 0 Å². The van der Waals surface area contributed by atoms with Crippen molar-refractivity contribution in [3.05, 3.63) is 51.4 Å². The molecular weight excluding hydrogens is 490 g/mol. The summed E-state index contributed by atoms with van der Waals surface area (Å²) in [5.74, 6) is 0.557. The number of anilines is 1. The molecule has 1 N–H and O–H groups in total. The Hall–Kier alpha value is -3.40. The summed E-state index contributed by atoms with van der Waals surface area (Å²) in [7, 11) is 1.65. The molecule has 1 aromatic carbocycles. The Balaban J connectivity index is 1.28. The summed E-state index contributed by atoms with van der Waals surface area (Å²) >= 11 is 1.25. The summed E-state index contributed by atoms with van der Waals surface area (Å²) in [5, 5.41) is 3.48. The number of piperazine rings is 1. The Morgan fingerprint density at radius 3 is 2.62 bits per heavy atom. The highest BCUT2D eigenvalue weighted by atomic mass is 32.1. The first-order valence-corrected chi connectivity index (χ1v) is 13.7. The van der Waals surface area contributed by atoms with Gasteiger partial charge in [-0.1, -0.05) is 25.3 Å². The van der Waals surface area contributed by atoms with Gasteiger partial charge in [0.05, 0.1) is 23.7 Å². The average Bonchev–Trinajstić information content (AvgIpc) is 3.27. The maximum absolute atomic E-state index is 13.4. The molecule has 3 heterocycles. The second kappa shape index (κ2) is 10.9. The number of ether oxygens (including phenoxy) is 1. The van der Waals surface area contributed by atoms with E-state index in [2.05, 4.69) is 15.2 Å². The van der Waals surface area contributed by atoms with Gasteiger partial charge in [-0.2, -0.15) is 0 Å². The van der Waals surface area contributed by atoms with Crippen LogP contribution in [0, 0.1) is 6.92 Å². The lowest BCUT2D eigenvalue weighted by Crippen LogP contribution is -2.48. The molecule has 0 bridgehead atoms. The van der Waals surface area contributed by atoms with Crippen molar-refractivity contribution in [3.63, 3.8) is 0 Å². The van der Waals surface area contributed by atoms with Crippen LogP contribution in [-0.2, 0) is 11.3 Å². The molecule has 3 aromatic rings. The molecule has 10 heteroatoms. The van der Waals surface area contributed by atoms with E-state index in [-0.39, 0.29) is 30.0 Å². The summed E-state index contributed by atoms with van der Waals surface area (Å²) in [6.07, 6.45) is 6.85. The standard InChI is InChI=1S/C27H33N5O4S/c1-18-23-25(28-17-32(26(23)34)16-22(33)29-19-7-4-3-5-8-19)37-24(18)27(35)31-13-11-30(12-14-31)20-9-6-10-21(15-20)36-2/h6,9-10,15,17,19H,3-5,7-8,11-14,16H2,1-2H3,(H,29,33). The van der Waals surface area contributed by atoms with Crippen molar-refractivity contribution in [1.29, 1.82) is 0 Å². The van der Waals surface area contributed by atoms with E-state index < -0.39 is 0 Å². The maximum Gasteiger partial charge on any atom is 0.264 e. The van der Waals surface area contributed by atoms with Crippen molar-refractivity contribution < 1.29 is 14.3 Å². The molecule has 196 valence electrons. The number of fused-ring (bicyclic) bond motifs is 1. The number of carbonyl (C=O) groups is 2. The van der Waals surface area contributed by atoms with Crippen molar-refractivity contribution in [1.82, 2.24) is 19.8 Å². The van der Waals surface area contributed by atoms with E-state index in [1.54, 1.807) is 14.0 Å². The molecular formula is C27H33N5O4S. The van der Waals surface area contributed by atoms with Crippen molar-refractivity contribution in [3.8, 4) is 5.75 Å². The molecule has 2 aromatic heterocycles. The minimum absolute atomic E-state index is 0.0664. The van der Waals surface area contributed by atoms with Crippen LogP contribution < -0.4 is 20.5 Å². The van der Waals surface area contributed by atoms with Gasteiger partial charge in [0.15, 0.2) is 0 Å². The van der Waals surface area contributed by atoms with Crippen LogP contribution in [0.5, 0.6) is 5.75 Å². The summed E-state index contributed by atoms with van der Waals surface area (Å²) in [4.78, 5) is 48.8. The number of amides is 2. The summed E-state index contributed by atoms with van der Waals surface area (Å²) in [6.45, 7) is 4.33. The van der Waals surface area contributed by atoms with Crippen LogP contribution in [0.3, 0.4) is 0 Å². The van der Waals surface area contributed by atoms with E-state index in [1.807, 2.05) is 29.2 Å². The summed E-state index contributed by atoms with van der Waals surface area (Å²) < 4.78 is 6.68. The van der Waals surface area contributed by atoms with Gasteiger partial charge in [-0.05, 0) is 37.5 Å². The first kappa shape index (κ1) is 25.3. The van der Waals surface area contributed by atoms with Crippen molar-refractivity contribution in [2.45, 2.75) is 51.6 Å². The lowest BCUT2D eigenvalue weighted by atomic mass is 9.95. The van der Waals surface area contributed by atoms with E-state index in [0.29, 0.717) is 46.8 Å². The number of rotatable bonds is 6. The fourth-order valence-corrected chi connectivity index (χ4v) is 6.38. The Morgan fingerprint density at radius 2 is 1.89 bits per heavy atom. The van der Waals surface area contributed by atoms with E-state index >= 15 is 0 Å². The number of thiophene rings is 1. The zero-order valence-electron chi connectivity index (χ0n) is 21.4. The molecule has 2 aliphatic rings. The quantitative estimate of drug-likeness (QED) is 0.533. The van der Waals surface area contributed by atoms with Crippen molar-refractivity contribution >= 4 is 39.1 Å². The highest BCUT2D eigenvalue weighted by Crippen LogP contribution is 2.29. The third-order valence-electron chi connectivity index (χ3n) is 7.38. The van der Waals surface area contributed by atoms with Gasteiger partial charge < -0.3 is 19.9 Å². The Bertz CT molecular complexity index is 1350. The molecule has 2 fully saturated rings. The summed E-state index contributed by atoms with van der Waals surface area (Å²) in [5.41, 5.74) is 1.43. The van der Waals surface area contributed by atoms with Gasteiger partial charge in [0.2, 0.25) is 5.91 Å². The number of hydrogen-bond donors (Lipinski definition) is 1. The van der Waals surface area contributed by atoms with Crippen LogP contribution in [0.4, 0.5) is 5.69 Å². The lowest BCUT2D eigenvalue weighted by Gasteiger charge is -2.36. The van der Waals surface area contributed by atoms with Gasteiger partial charge in [0.1, 0.15) is 17.1 Å². The molecule has 0 spiro atoms. The predicted molar refractivity (Wildman–Crippen MR) is 145 cm³/mol.